The molecule has 13 heavy (non-hydrogen) atoms. The first-order valence-electron chi connectivity index (χ1n) is 3.26. The molecular formula is C7H6Cl2N2S2. The first-order chi connectivity index (χ1) is 6.04. The molecule has 0 aromatic heterocycles. The molecule has 0 heterocycles. The fourth-order valence-electron chi connectivity index (χ4n) is 0.815. The maximum Gasteiger partial charge on any atom is 0.152 e. The largest absolute Gasteiger partial charge is 0.260 e. The Morgan fingerprint density at radius 1 is 1.38 bits per heavy atom. The van der Waals surface area contributed by atoms with Crippen LogP contribution < -0.4 is 10.9 Å². The molecule has 0 atom stereocenters. The fourth-order valence-corrected chi connectivity index (χ4v) is 1.59. The zero-order valence-electron chi connectivity index (χ0n) is 6.37. The third-order valence-electron chi connectivity index (χ3n) is 1.38. The van der Waals surface area contributed by atoms with Crippen molar-refractivity contribution in [3.63, 3.8) is 0 Å². The highest BCUT2D eigenvalue weighted by Gasteiger charge is 2.12. The number of thiocarbonyl (C=S) groups is 1. The average Bonchev–Trinajstić information content (AvgIpc) is 2.03. The summed E-state index contributed by atoms with van der Waals surface area (Å²) in [5, 5.41) is 2.03. The summed E-state index contributed by atoms with van der Waals surface area (Å²) >= 11 is 20.4. The van der Waals surface area contributed by atoms with E-state index in [9.17, 15) is 0 Å². The van der Waals surface area contributed by atoms with Gasteiger partial charge in [-0.15, -0.1) is 12.6 Å². The topological polar surface area (TPSA) is 29.3 Å². The van der Waals surface area contributed by atoms with Gasteiger partial charge in [-0.1, -0.05) is 41.5 Å². The molecule has 1 aromatic carbocycles. The highest BCUT2D eigenvalue weighted by Crippen LogP contribution is 2.32. The number of para-hydroxylation sites is 1. The molecule has 1 aromatic rings. The van der Waals surface area contributed by atoms with E-state index in [0.29, 0.717) is 15.7 Å². The minimum absolute atomic E-state index is 0.204. The average molecular weight is 253 g/mol. The van der Waals surface area contributed by atoms with Crippen molar-refractivity contribution in [3.05, 3.63) is 28.2 Å². The molecule has 0 saturated heterocycles. The molecule has 2 nitrogen and oxygen atoms in total. The smallest absolute Gasteiger partial charge is 0.152 e. The number of hydrogen-bond donors (Lipinski definition) is 2. The fraction of sp³-hybridized carbons (Fsp3) is 0. The van der Waals surface area contributed by atoms with Gasteiger partial charge in [0.05, 0.1) is 15.7 Å². The first-order valence-corrected chi connectivity index (χ1v) is 4.87. The number of anilines is 1. The van der Waals surface area contributed by atoms with Crippen LogP contribution in [0.25, 0.3) is 0 Å². The Bertz CT molecular complexity index is 323. The van der Waals surface area contributed by atoms with E-state index in [-0.39, 0.29) is 4.32 Å². The number of nitrogens with two attached hydrogens (primary N) is 1. The van der Waals surface area contributed by atoms with E-state index in [4.69, 9.17) is 41.3 Å². The number of thiol groups is 1. The molecule has 0 aliphatic rings. The summed E-state index contributed by atoms with van der Waals surface area (Å²) in [6.07, 6.45) is 0. The Morgan fingerprint density at radius 3 is 2.23 bits per heavy atom. The molecule has 0 radical (unpaired) electrons. The molecule has 1 rings (SSSR count). The molecular weight excluding hydrogens is 247 g/mol. The van der Waals surface area contributed by atoms with Gasteiger partial charge in [0.2, 0.25) is 0 Å². The van der Waals surface area contributed by atoms with Crippen molar-refractivity contribution in [1.29, 1.82) is 0 Å². The van der Waals surface area contributed by atoms with Crippen molar-refractivity contribution >= 4 is 58.1 Å². The van der Waals surface area contributed by atoms with Gasteiger partial charge in [0.15, 0.2) is 4.32 Å². The van der Waals surface area contributed by atoms with E-state index >= 15 is 0 Å². The molecule has 0 bridgehead atoms. The third kappa shape index (κ3) is 2.48. The summed E-state index contributed by atoms with van der Waals surface area (Å²) in [7, 11) is 0. The second-order valence-electron chi connectivity index (χ2n) is 2.22. The molecule has 0 aliphatic heterocycles. The summed E-state index contributed by atoms with van der Waals surface area (Å²) in [4.78, 5) is 0. The van der Waals surface area contributed by atoms with Gasteiger partial charge in [-0.25, -0.2) is 5.84 Å². The van der Waals surface area contributed by atoms with Crippen molar-refractivity contribution in [2.75, 3.05) is 5.01 Å². The minimum Gasteiger partial charge on any atom is -0.260 e. The Kier molecular flexibility index (Phi) is 3.82. The van der Waals surface area contributed by atoms with Crippen LogP contribution in [0.15, 0.2) is 18.2 Å². The molecule has 0 saturated carbocycles. The van der Waals surface area contributed by atoms with Crippen molar-refractivity contribution in [1.82, 2.24) is 0 Å². The van der Waals surface area contributed by atoms with Gasteiger partial charge >= 0.3 is 0 Å². The zero-order chi connectivity index (χ0) is 10.0. The maximum absolute atomic E-state index is 5.87. The van der Waals surface area contributed by atoms with Crippen LogP contribution in [-0.2, 0) is 0 Å². The van der Waals surface area contributed by atoms with E-state index < -0.39 is 0 Å². The van der Waals surface area contributed by atoms with Crippen molar-refractivity contribution < 1.29 is 0 Å². The van der Waals surface area contributed by atoms with Gasteiger partial charge in [0.1, 0.15) is 0 Å². The number of halogens is 2. The van der Waals surface area contributed by atoms with Gasteiger partial charge in [0.25, 0.3) is 0 Å². The lowest BCUT2D eigenvalue weighted by Crippen LogP contribution is -2.33. The van der Waals surface area contributed by atoms with Crippen LogP contribution in [0.5, 0.6) is 0 Å². The van der Waals surface area contributed by atoms with Crippen LogP contribution in [0, 0.1) is 0 Å². The third-order valence-corrected chi connectivity index (χ3v) is 2.41. The van der Waals surface area contributed by atoms with E-state index in [2.05, 4.69) is 12.6 Å². The predicted molar refractivity (Wildman–Crippen MR) is 64.7 cm³/mol. The van der Waals surface area contributed by atoms with Crippen LogP contribution in [0.3, 0.4) is 0 Å². The Labute approximate surface area is 97.0 Å². The highest BCUT2D eigenvalue weighted by atomic mass is 35.5. The Balaban J connectivity index is 3.20. The van der Waals surface area contributed by atoms with Gasteiger partial charge in [-0.2, -0.15) is 0 Å². The standard InChI is InChI=1S/C7H6Cl2N2S2/c8-4-2-1-3-5(9)6(4)11(10)7(12)13/h1-3H,10H2,(H,12,13). The van der Waals surface area contributed by atoms with E-state index in [1.165, 1.54) is 0 Å². The summed E-state index contributed by atoms with van der Waals surface area (Å²) in [5.41, 5.74) is 0.464. The number of nitrogens with zero attached hydrogens (tertiary/aromatic N) is 1. The summed E-state index contributed by atoms with van der Waals surface area (Å²) < 4.78 is 0.204. The zero-order valence-corrected chi connectivity index (χ0v) is 9.59. The van der Waals surface area contributed by atoms with Gasteiger partial charge < -0.3 is 0 Å². The van der Waals surface area contributed by atoms with Gasteiger partial charge in [-0.05, 0) is 12.1 Å². The molecule has 70 valence electrons. The quantitative estimate of drug-likeness (QED) is 0.349. The SMILES string of the molecule is NN(C(=S)S)c1c(Cl)cccc1Cl. The van der Waals surface area contributed by atoms with Gasteiger partial charge in [0, 0.05) is 0 Å². The van der Waals surface area contributed by atoms with Crippen LogP contribution >= 0.6 is 48.0 Å². The Morgan fingerprint density at radius 2 is 1.85 bits per heavy atom. The second-order valence-corrected chi connectivity index (χ2v) is 4.15. The molecule has 0 amide bonds. The number of rotatable bonds is 1. The molecule has 0 unspecified atom stereocenters. The Hall–Kier alpha value is -0.0000000000000000555. The van der Waals surface area contributed by atoms with Crippen LogP contribution in [-0.4, -0.2) is 4.32 Å². The normalized spacial score (nSPS) is 9.85. The summed E-state index contributed by atoms with van der Waals surface area (Å²) in [5.74, 6) is 5.59. The van der Waals surface area contributed by atoms with E-state index in [1.807, 2.05) is 0 Å². The minimum atomic E-state index is 0.204. The number of hydrogen-bond acceptors (Lipinski definition) is 2. The molecule has 0 spiro atoms. The molecule has 2 N–H and O–H groups in total. The lowest BCUT2D eigenvalue weighted by Gasteiger charge is -2.18. The maximum atomic E-state index is 5.87. The second kappa shape index (κ2) is 4.48. The predicted octanol–water partition coefficient (Wildman–Crippen LogP) is 2.89. The lowest BCUT2D eigenvalue weighted by molar-refractivity contribution is 1.17. The number of benzene rings is 1. The highest BCUT2D eigenvalue weighted by molar-refractivity contribution is 8.11. The van der Waals surface area contributed by atoms with Crippen molar-refractivity contribution in [2.45, 2.75) is 0 Å². The molecule has 0 aliphatic carbocycles. The van der Waals surface area contributed by atoms with Crippen molar-refractivity contribution in [3.8, 4) is 0 Å². The molecule has 6 heteroatoms. The van der Waals surface area contributed by atoms with E-state index in [0.717, 1.165) is 5.01 Å². The van der Waals surface area contributed by atoms with Crippen LogP contribution in [0.2, 0.25) is 10.0 Å². The lowest BCUT2D eigenvalue weighted by atomic mass is 10.3. The van der Waals surface area contributed by atoms with Crippen LogP contribution in [0.4, 0.5) is 5.69 Å². The number of hydrazine groups is 1. The monoisotopic (exact) mass is 252 g/mol. The van der Waals surface area contributed by atoms with Crippen LogP contribution in [0.1, 0.15) is 0 Å². The van der Waals surface area contributed by atoms with Gasteiger partial charge in [-0.3, -0.25) is 5.01 Å². The first kappa shape index (κ1) is 11.1. The summed E-state index contributed by atoms with van der Waals surface area (Å²) in [6, 6.07) is 5.08. The summed E-state index contributed by atoms with van der Waals surface area (Å²) in [6.45, 7) is 0. The van der Waals surface area contributed by atoms with E-state index in [1.54, 1.807) is 18.2 Å². The molecule has 0 fully saturated rings. The van der Waals surface area contributed by atoms with Crippen molar-refractivity contribution in [2.24, 2.45) is 5.84 Å².